The van der Waals surface area contributed by atoms with Gasteiger partial charge in [-0.1, -0.05) is 12.7 Å². The minimum atomic E-state index is -1.21. The highest BCUT2D eigenvalue weighted by Gasteiger charge is 2.55. The first-order chi connectivity index (χ1) is 13.0. The van der Waals surface area contributed by atoms with E-state index in [1.165, 1.54) is 17.8 Å². The summed E-state index contributed by atoms with van der Waals surface area (Å²) in [5, 5.41) is 12.0. The largest absolute Gasteiger partial charge is 0.477 e. The number of ether oxygens (including phenoxy) is 2. The van der Waals surface area contributed by atoms with Crippen molar-refractivity contribution in [3.63, 3.8) is 0 Å². The normalized spacial score (nSPS) is 21.2. The Bertz CT molecular complexity index is 797. The third-order valence-corrected chi connectivity index (χ3v) is 5.02. The van der Waals surface area contributed by atoms with Gasteiger partial charge < -0.3 is 19.9 Å². The molecule has 0 radical (unpaired) electrons. The van der Waals surface area contributed by atoms with Gasteiger partial charge >= 0.3 is 12.1 Å². The number of carboxylic acids is 1. The molecule has 2 atom stereocenters. The van der Waals surface area contributed by atoms with Gasteiger partial charge in [0.15, 0.2) is 12.3 Å². The number of β-lactam (4-membered cyclic amide) rings is 1. The van der Waals surface area contributed by atoms with Gasteiger partial charge in [0.25, 0.3) is 5.91 Å². The Labute approximate surface area is 159 Å². The van der Waals surface area contributed by atoms with E-state index in [0.717, 1.165) is 9.80 Å². The van der Waals surface area contributed by atoms with Crippen LogP contribution >= 0.6 is 11.8 Å². The van der Waals surface area contributed by atoms with Gasteiger partial charge in [-0.3, -0.25) is 14.7 Å². The quantitative estimate of drug-likeness (QED) is 0.401. The Kier molecular flexibility index (Phi) is 5.77. The van der Waals surface area contributed by atoms with Crippen LogP contribution in [0.5, 0.6) is 0 Å². The number of rotatable bonds is 7. The summed E-state index contributed by atoms with van der Waals surface area (Å²) >= 11 is 1.42. The van der Waals surface area contributed by atoms with Crippen LogP contribution in [0.2, 0.25) is 0 Å². The topological polar surface area (TPSA) is 118 Å². The molecular weight excluding hydrogens is 374 g/mol. The first kappa shape index (κ1) is 18.9. The zero-order valence-electron chi connectivity index (χ0n) is 14.2. The van der Waals surface area contributed by atoms with Crippen molar-refractivity contribution in [2.75, 3.05) is 19.0 Å². The standard InChI is InChI=1S/C17H17N3O6S/c1-2-7-25-17(24)19-12-14(21)20-13(16(22)23)10(8-26-15(12)20)9-27-11-3-5-18-6-4-11/h2-6,12,15H,1,7-9H2,(H,19,24)(H,22,23)/t12-,15-/m1/s1. The summed E-state index contributed by atoms with van der Waals surface area (Å²) in [7, 11) is 0. The van der Waals surface area contributed by atoms with E-state index in [4.69, 9.17) is 9.47 Å². The fraction of sp³-hybridized carbons (Fsp3) is 0.294. The molecule has 1 saturated heterocycles. The summed E-state index contributed by atoms with van der Waals surface area (Å²) in [6.07, 6.45) is 3.01. The first-order valence-electron chi connectivity index (χ1n) is 8.00. The number of fused-ring (bicyclic) bond motifs is 1. The zero-order valence-corrected chi connectivity index (χ0v) is 15.0. The van der Waals surface area contributed by atoms with Crippen LogP contribution in [0.1, 0.15) is 0 Å². The highest BCUT2D eigenvalue weighted by atomic mass is 32.2. The summed E-state index contributed by atoms with van der Waals surface area (Å²) in [5.41, 5.74) is 0.386. The number of nitrogens with zero attached hydrogens (tertiary/aromatic N) is 2. The third kappa shape index (κ3) is 3.96. The molecule has 10 heteroatoms. The van der Waals surface area contributed by atoms with Gasteiger partial charge in [0, 0.05) is 23.0 Å². The van der Waals surface area contributed by atoms with E-state index >= 15 is 0 Å². The average molecular weight is 391 g/mol. The van der Waals surface area contributed by atoms with Gasteiger partial charge in [0.2, 0.25) is 0 Å². The number of carbonyl (C=O) groups excluding carboxylic acids is 2. The molecule has 0 bridgehead atoms. The van der Waals surface area contributed by atoms with E-state index < -0.39 is 30.2 Å². The van der Waals surface area contributed by atoms with Gasteiger partial charge in [0.1, 0.15) is 12.3 Å². The van der Waals surface area contributed by atoms with Gasteiger partial charge in [0.05, 0.1) is 6.61 Å². The number of carbonyl (C=O) groups is 3. The van der Waals surface area contributed by atoms with Crippen LogP contribution in [-0.2, 0) is 19.1 Å². The maximum absolute atomic E-state index is 12.4. The number of nitrogens with one attached hydrogen (secondary N) is 1. The Hall–Kier alpha value is -2.85. The van der Waals surface area contributed by atoms with E-state index in [9.17, 15) is 19.5 Å². The third-order valence-electron chi connectivity index (χ3n) is 3.92. The molecule has 0 spiro atoms. The first-order valence-corrected chi connectivity index (χ1v) is 8.98. The number of thioether (sulfide) groups is 1. The lowest BCUT2D eigenvalue weighted by Crippen LogP contribution is -2.73. The Morgan fingerprint density at radius 1 is 1.48 bits per heavy atom. The number of hydrogen-bond donors (Lipinski definition) is 2. The lowest BCUT2D eigenvalue weighted by molar-refractivity contribution is -0.183. The zero-order chi connectivity index (χ0) is 19.4. The number of hydrogen-bond acceptors (Lipinski definition) is 7. The Morgan fingerprint density at radius 2 is 2.22 bits per heavy atom. The van der Waals surface area contributed by atoms with Crippen LogP contribution in [0.25, 0.3) is 0 Å². The highest BCUT2D eigenvalue weighted by molar-refractivity contribution is 7.99. The smallest absolute Gasteiger partial charge is 0.408 e. The van der Waals surface area contributed by atoms with Crippen LogP contribution in [0.4, 0.5) is 4.79 Å². The summed E-state index contributed by atoms with van der Waals surface area (Å²) in [6.45, 7) is 3.47. The van der Waals surface area contributed by atoms with Gasteiger partial charge in [-0.2, -0.15) is 0 Å². The monoisotopic (exact) mass is 391 g/mol. The van der Waals surface area contributed by atoms with E-state index in [2.05, 4.69) is 16.9 Å². The van der Waals surface area contributed by atoms with Crippen LogP contribution in [0.15, 0.2) is 53.3 Å². The Morgan fingerprint density at radius 3 is 2.89 bits per heavy atom. The van der Waals surface area contributed by atoms with Gasteiger partial charge in [-0.05, 0) is 17.7 Å². The summed E-state index contributed by atoms with van der Waals surface area (Å²) in [4.78, 5) is 41.6. The molecule has 1 aromatic rings. The molecule has 9 nitrogen and oxygen atoms in total. The second-order valence-corrected chi connectivity index (χ2v) is 6.70. The molecule has 0 aliphatic carbocycles. The summed E-state index contributed by atoms with van der Waals surface area (Å²) < 4.78 is 10.4. The van der Waals surface area contributed by atoms with Crippen molar-refractivity contribution in [3.05, 3.63) is 48.5 Å². The molecule has 2 amide bonds. The number of alkyl carbamates (subject to hydrolysis) is 1. The molecule has 142 valence electrons. The summed E-state index contributed by atoms with van der Waals surface area (Å²) in [5.74, 6) is -1.42. The van der Waals surface area contributed by atoms with Crippen molar-refractivity contribution >= 4 is 29.7 Å². The van der Waals surface area contributed by atoms with E-state index in [1.54, 1.807) is 12.4 Å². The number of aliphatic carboxylic acids is 1. The molecule has 3 rings (SSSR count). The lowest BCUT2D eigenvalue weighted by atomic mass is 9.99. The molecule has 2 N–H and O–H groups in total. The second kappa shape index (κ2) is 8.23. The van der Waals surface area contributed by atoms with Crippen molar-refractivity contribution in [2.24, 2.45) is 0 Å². The number of pyridine rings is 1. The number of carboxylic acid groups (broad SMARTS) is 1. The predicted octanol–water partition coefficient (Wildman–Crippen LogP) is 0.992. The SMILES string of the molecule is C=CCOC(=O)N[C@@H]1C(=O)N2C(C(=O)O)=C(CSc3ccncc3)CO[C@H]12. The minimum absolute atomic E-state index is 0.00135. The van der Waals surface area contributed by atoms with Crippen molar-refractivity contribution in [2.45, 2.75) is 17.2 Å². The van der Waals surface area contributed by atoms with Crippen molar-refractivity contribution in [1.82, 2.24) is 15.2 Å². The fourth-order valence-electron chi connectivity index (χ4n) is 2.70. The summed E-state index contributed by atoms with van der Waals surface area (Å²) in [6, 6.07) is 2.63. The van der Waals surface area contributed by atoms with Gasteiger partial charge in [-0.25, -0.2) is 9.59 Å². The highest BCUT2D eigenvalue weighted by Crippen LogP contribution is 2.34. The molecule has 27 heavy (non-hydrogen) atoms. The molecule has 0 aromatic carbocycles. The molecule has 1 aromatic heterocycles. The predicted molar refractivity (Wildman–Crippen MR) is 94.7 cm³/mol. The van der Waals surface area contributed by atoms with E-state index in [0.29, 0.717) is 11.3 Å². The molecule has 0 saturated carbocycles. The van der Waals surface area contributed by atoms with E-state index in [1.807, 2.05) is 12.1 Å². The maximum atomic E-state index is 12.4. The van der Waals surface area contributed by atoms with Crippen molar-refractivity contribution in [3.8, 4) is 0 Å². The fourth-order valence-corrected chi connectivity index (χ4v) is 3.58. The molecule has 2 aliphatic rings. The van der Waals surface area contributed by atoms with Crippen LogP contribution < -0.4 is 5.32 Å². The number of aromatic nitrogens is 1. The maximum Gasteiger partial charge on any atom is 0.408 e. The average Bonchev–Trinajstić information content (AvgIpc) is 2.68. The van der Waals surface area contributed by atoms with Crippen LogP contribution in [0, 0.1) is 0 Å². The Balaban J connectivity index is 1.70. The molecule has 3 heterocycles. The lowest BCUT2D eigenvalue weighted by Gasteiger charge is -2.49. The minimum Gasteiger partial charge on any atom is -0.477 e. The molecule has 0 unspecified atom stereocenters. The molecular formula is C17H17N3O6S. The second-order valence-electron chi connectivity index (χ2n) is 5.65. The van der Waals surface area contributed by atoms with Crippen LogP contribution in [0.3, 0.4) is 0 Å². The molecule has 2 aliphatic heterocycles. The number of amides is 2. The van der Waals surface area contributed by atoms with E-state index in [-0.39, 0.29) is 18.9 Å². The van der Waals surface area contributed by atoms with Crippen molar-refractivity contribution < 1.29 is 29.0 Å². The van der Waals surface area contributed by atoms with Gasteiger partial charge in [-0.15, -0.1) is 11.8 Å². The van der Waals surface area contributed by atoms with Crippen molar-refractivity contribution in [1.29, 1.82) is 0 Å². The molecule has 1 fully saturated rings. The van der Waals surface area contributed by atoms with Crippen LogP contribution in [-0.4, -0.2) is 64.2 Å².